The van der Waals surface area contributed by atoms with Gasteiger partial charge in [0.25, 0.3) is 0 Å². The normalized spacial score (nSPS) is 20.7. The molecule has 15 heavy (non-hydrogen) atoms. The molecule has 0 aliphatic carbocycles. The van der Waals surface area contributed by atoms with Crippen LogP contribution in [0.15, 0.2) is 0 Å². The van der Waals surface area contributed by atoms with E-state index in [2.05, 4.69) is 40.7 Å². The molecule has 0 aromatic carbocycles. The molecule has 0 spiro atoms. The summed E-state index contributed by atoms with van der Waals surface area (Å²) in [7, 11) is 4.19. The molecule has 1 aromatic rings. The van der Waals surface area contributed by atoms with E-state index >= 15 is 0 Å². The molecule has 1 aliphatic heterocycles. The summed E-state index contributed by atoms with van der Waals surface area (Å²) in [4.78, 5) is 2.19. The molecule has 2 heterocycles. The van der Waals surface area contributed by atoms with Crippen LogP contribution in [0.4, 0.5) is 0 Å². The van der Waals surface area contributed by atoms with Crippen molar-refractivity contribution in [1.29, 1.82) is 0 Å². The molecule has 0 bridgehead atoms. The SMILES string of the molecule is CC1CCCc2nnc(CCN(C)C)n21. The van der Waals surface area contributed by atoms with E-state index in [4.69, 9.17) is 0 Å². The van der Waals surface area contributed by atoms with E-state index in [0.717, 1.165) is 25.2 Å². The predicted molar refractivity (Wildman–Crippen MR) is 59.9 cm³/mol. The van der Waals surface area contributed by atoms with Gasteiger partial charge in [0.15, 0.2) is 0 Å². The van der Waals surface area contributed by atoms with Crippen molar-refractivity contribution in [1.82, 2.24) is 19.7 Å². The molecule has 0 fully saturated rings. The Morgan fingerprint density at radius 1 is 1.40 bits per heavy atom. The molecule has 1 atom stereocenters. The van der Waals surface area contributed by atoms with Crippen molar-refractivity contribution in [3.8, 4) is 0 Å². The smallest absolute Gasteiger partial charge is 0.134 e. The third kappa shape index (κ3) is 2.20. The van der Waals surface area contributed by atoms with Crippen LogP contribution >= 0.6 is 0 Å². The summed E-state index contributed by atoms with van der Waals surface area (Å²) in [6.07, 6.45) is 4.62. The van der Waals surface area contributed by atoms with Gasteiger partial charge in [0, 0.05) is 25.4 Å². The molecule has 0 N–H and O–H groups in total. The van der Waals surface area contributed by atoms with Crippen LogP contribution in [0.5, 0.6) is 0 Å². The number of aryl methyl sites for hydroxylation is 1. The van der Waals surface area contributed by atoms with Gasteiger partial charge in [0.05, 0.1) is 0 Å². The zero-order valence-electron chi connectivity index (χ0n) is 9.90. The molecule has 84 valence electrons. The molecule has 1 unspecified atom stereocenters. The predicted octanol–water partition coefficient (Wildman–Crippen LogP) is 1.28. The third-order valence-electron chi connectivity index (χ3n) is 3.08. The molecule has 4 heteroatoms. The van der Waals surface area contributed by atoms with Crippen LogP contribution in [0.2, 0.25) is 0 Å². The fourth-order valence-corrected chi connectivity index (χ4v) is 2.22. The topological polar surface area (TPSA) is 34.0 Å². The number of aromatic nitrogens is 3. The van der Waals surface area contributed by atoms with Crippen LogP contribution in [0, 0.1) is 0 Å². The van der Waals surface area contributed by atoms with Crippen LogP contribution in [-0.4, -0.2) is 40.3 Å². The second-order valence-corrected chi connectivity index (χ2v) is 4.70. The summed E-state index contributed by atoms with van der Waals surface area (Å²) >= 11 is 0. The van der Waals surface area contributed by atoms with Crippen LogP contribution in [0.3, 0.4) is 0 Å². The number of hydrogen-bond acceptors (Lipinski definition) is 3. The Hall–Kier alpha value is -0.900. The number of nitrogens with zero attached hydrogens (tertiary/aromatic N) is 4. The zero-order valence-corrected chi connectivity index (χ0v) is 9.90. The monoisotopic (exact) mass is 208 g/mol. The molecule has 0 saturated heterocycles. The van der Waals surface area contributed by atoms with E-state index in [1.807, 2.05) is 0 Å². The van der Waals surface area contributed by atoms with Gasteiger partial charge in [-0.05, 0) is 33.9 Å². The van der Waals surface area contributed by atoms with Crippen molar-refractivity contribution in [3.63, 3.8) is 0 Å². The lowest BCUT2D eigenvalue weighted by molar-refractivity contribution is 0.383. The molecule has 0 radical (unpaired) electrons. The molecular weight excluding hydrogens is 188 g/mol. The van der Waals surface area contributed by atoms with Gasteiger partial charge in [-0.3, -0.25) is 0 Å². The number of rotatable bonds is 3. The van der Waals surface area contributed by atoms with E-state index < -0.39 is 0 Å². The zero-order chi connectivity index (χ0) is 10.8. The highest BCUT2D eigenvalue weighted by Gasteiger charge is 2.20. The lowest BCUT2D eigenvalue weighted by Crippen LogP contribution is -2.21. The first-order valence-electron chi connectivity index (χ1n) is 5.76. The summed E-state index contributed by atoms with van der Waals surface area (Å²) < 4.78 is 2.34. The fourth-order valence-electron chi connectivity index (χ4n) is 2.22. The van der Waals surface area contributed by atoms with Crippen LogP contribution in [-0.2, 0) is 12.8 Å². The van der Waals surface area contributed by atoms with Crippen molar-refractivity contribution in [2.45, 2.75) is 38.6 Å². The molecule has 0 amide bonds. The van der Waals surface area contributed by atoms with Crippen molar-refractivity contribution in [2.24, 2.45) is 0 Å². The minimum absolute atomic E-state index is 0.584. The molecule has 4 nitrogen and oxygen atoms in total. The number of likely N-dealkylation sites (N-methyl/N-ethyl adjacent to an activating group) is 1. The van der Waals surface area contributed by atoms with E-state index in [9.17, 15) is 0 Å². The summed E-state index contributed by atoms with van der Waals surface area (Å²) in [5.74, 6) is 2.34. The van der Waals surface area contributed by atoms with Crippen molar-refractivity contribution in [3.05, 3.63) is 11.6 Å². The summed E-state index contributed by atoms with van der Waals surface area (Å²) in [5, 5.41) is 8.59. The molecule has 0 saturated carbocycles. The minimum Gasteiger partial charge on any atom is -0.312 e. The summed E-state index contributed by atoms with van der Waals surface area (Å²) in [5.41, 5.74) is 0. The van der Waals surface area contributed by atoms with Crippen LogP contribution < -0.4 is 0 Å². The molecule has 1 aliphatic rings. The van der Waals surface area contributed by atoms with E-state index in [1.54, 1.807) is 0 Å². The Labute approximate surface area is 91.3 Å². The molecule has 1 aromatic heterocycles. The summed E-state index contributed by atoms with van der Waals surface area (Å²) in [6.45, 7) is 3.32. The quantitative estimate of drug-likeness (QED) is 0.750. The second-order valence-electron chi connectivity index (χ2n) is 4.70. The first-order chi connectivity index (χ1) is 7.18. The molecule has 2 rings (SSSR count). The highest BCUT2D eigenvalue weighted by atomic mass is 15.3. The van der Waals surface area contributed by atoms with Gasteiger partial charge in [-0.25, -0.2) is 0 Å². The Kier molecular flexibility index (Phi) is 3.05. The van der Waals surface area contributed by atoms with Gasteiger partial charge in [-0.15, -0.1) is 10.2 Å². The molecular formula is C11H20N4. The fraction of sp³-hybridized carbons (Fsp3) is 0.818. The number of fused-ring (bicyclic) bond motifs is 1. The van der Waals surface area contributed by atoms with Crippen molar-refractivity contribution < 1.29 is 0 Å². The van der Waals surface area contributed by atoms with Gasteiger partial charge >= 0.3 is 0 Å². The average molecular weight is 208 g/mol. The largest absolute Gasteiger partial charge is 0.312 e. The lowest BCUT2D eigenvalue weighted by Gasteiger charge is -2.22. The van der Waals surface area contributed by atoms with Gasteiger partial charge in [-0.1, -0.05) is 0 Å². The Bertz CT molecular complexity index is 329. The standard InChI is InChI=1S/C11H20N4/c1-9-5-4-6-10-12-13-11(15(9)10)7-8-14(2)3/h9H,4-8H2,1-3H3. The third-order valence-corrected chi connectivity index (χ3v) is 3.08. The van der Waals surface area contributed by atoms with Gasteiger partial charge in [0.2, 0.25) is 0 Å². The maximum absolute atomic E-state index is 4.31. The Balaban J connectivity index is 2.14. The van der Waals surface area contributed by atoms with Gasteiger partial charge < -0.3 is 9.47 Å². The second kappa shape index (κ2) is 4.31. The Morgan fingerprint density at radius 3 is 2.93 bits per heavy atom. The van der Waals surface area contributed by atoms with E-state index in [1.165, 1.54) is 18.7 Å². The van der Waals surface area contributed by atoms with Gasteiger partial charge in [0.1, 0.15) is 11.6 Å². The number of hydrogen-bond donors (Lipinski definition) is 0. The lowest BCUT2D eigenvalue weighted by atomic mass is 10.1. The van der Waals surface area contributed by atoms with Crippen molar-refractivity contribution in [2.75, 3.05) is 20.6 Å². The maximum Gasteiger partial charge on any atom is 0.134 e. The van der Waals surface area contributed by atoms with Crippen molar-refractivity contribution >= 4 is 0 Å². The highest BCUT2D eigenvalue weighted by Crippen LogP contribution is 2.24. The summed E-state index contributed by atoms with van der Waals surface area (Å²) in [6, 6.07) is 0.584. The Morgan fingerprint density at radius 2 is 2.20 bits per heavy atom. The van der Waals surface area contributed by atoms with Crippen LogP contribution in [0.1, 0.15) is 37.5 Å². The average Bonchev–Trinajstić information content (AvgIpc) is 2.59. The first kappa shape index (κ1) is 10.6. The van der Waals surface area contributed by atoms with E-state index in [-0.39, 0.29) is 0 Å². The van der Waals surface area contributed by atoms with Gasteiger partial charge in [-0.2, -0.15) is 0 Å². The first-order valence-corrected chi connectivity index (χ1v) is 5.76. The minimum atomic E-state index is 0.584. The maximum atomic E-state index is 4.31. The van der Waals surface area contributed by atoms with E-state index in [0.29, 0.717) is 6.04 Å². The van der Waals surface area contributed by atoms with Crippen LogP contribution in [0.25, 0.3) is 0 Å². The highest BCUT2D eigenvalue weighted by molar-refractivity contribution is 5.02.